The number of likely N-dealkylation sites (tertiary alicyclic amines) is 1. The molecule has 5 heteroatoms. The van der Waals surface area contributed by atoms with Gasteiger partial charge in [-0.2, -0.15) is 0 Å². The maximum absolute atomic E-state index is 11.3. The quantitative estimate of drug-likeness (QED) is 0.408. The number of hydrogen-bond acceptors (Lipinski definition) is 4. The normalized spacial score (nSPS) is 17.9. The lowest BCUT2D eigenvalue weighted by molar-refractivity contribution is -0.143. The minimum Gasteiger partial charge on any atom is -0.459 e. The average molecular weight is 239 g/mol. The molecule has 0 N–H and O–H groups in total. The van der Waals surface area contributed by atoms with Crippen LogP contribution in [0.25, 0.3) is 0 Å². The first-order valence-corrected chi connectivity index (χ1v) is 5.68. The Morgan fingerprint density at radius 3 is 2.53 bits per heavy atom. The summed E-state index contributed by atoms with van der Waals surface area (Å²) in [4.78, 5) is 34.4. The van der Waals surface area contributed by atoms with Crippen molar-refractivity contribution in [3.63, 3.8) is 0 Å². The first kappa shape index (κ1) is 13.4. The third-order valence-electron chi connectivity index (χ3n) is 2.43. The van der Waals surface area contributed by atoms with E-state index in [-0.39, 0.29) is 23.9 Å². The van der Waals surface area contributed by atoms with Gasteiger partial charge in [-0.15, -0.1) is 0 Å². The highest BCUT2D eigenvalue weighted by atomic mass is 16.5. The summed E-state index contributed by atoms with van der Waals surface area (Å²) >= 11 is 0. The molecule has 1 saturated heterocycles. The number of hydrogen-bond donors (Lipinski definition) is 0. The van der Waals surface area contributed by atoms with Crippen LogP contribution in [-0.2, 0) is 19.1 Å². The summed E-state index contributed by atoms with van der Waals surface area (Å²) in [6, 6.07) is 0. The lowest BCUT2D eigenvalue weighted by Gasteiger charge is -2.12. The Labute approximate surface area is 100 Å². The van der Waals surface area contributed by atoms with Crippen LogP contribution in [0.1, 0.15) is 33.1 Å². The molecule has 2 amide bonds. The van der Waals surface area contributed by atoms with Gasteiger partial charge in [-0.3, -0.25) is 19.3 Å². The van der Waals surface area contributed by atoms with Crippen molar-refractivity contribution in [1.82, 2.24) is 4.90 Å². The molecular weight excluding hydrogens is 222 g/mol. The van der Waals surface area contributed by atoms with Gasteiger partial charge in [0.05, 0.1) is 0 Å². The minimum atomic E-state index is -0.327. The SMILES string of the molecule is CC(=O)OC(C)/C=C/CCN1C(=O)CCC1=O. The fourth-order valence-corrected chi connectivity index (χ4v) is 1.66. The Morgan fingerprint density at radius 1 is 1.41 bits per heavy atom. The van der Waals surface area contributed by atoms with Crippen LogP contribution >= 0.6 is 0 Å². The minimum absolute atomic E-state index is 0.101. The van der Waals surface area contributed by atoms with Gasteiger partial charge in [-0.1, -0.05) is 6.08 Å². The summed E-state index contributed by atoms with van der Waals surface area (Å²) in [6.45, 7) is 3.51. The van der Waals surface area contributed by atoms with E-state index in [1.807, 2.05) is 6.08 Å². The molecule has 0 spiro atoms. The maximum atomic E-state index is 11.3. The molecule has 5 nitrogen and oxygen atoms in total. The molecule has 0 saturated carbocycles. The number of imide groups is 1. The van der Waals surface area contributed by atoms with E-state index in [4.69, 9.17) is 4.74 Å². The van der Waals surface area contributed by atoms with Gasteiger partial charge in [0, 0.05) is 26.3 Å². The number of carbonyl (C=O) groups is 3. The summed E-state index contributed by atoms with van der Waals surface area (Å²) in [6.07, 6.45) is 4.51. The van der Waals surface area contributed by atoms with Crippen molar-refractivity contribution in [3.05, 3.63) is 12.2 Å². The molecule has 0 aliphatic carbocycles. The highest BCUT2D eigenvalue weighted by Crippen LogP contribution is 2.11. The van der Waals surface area contributed by atoms with Crippen LogP contribution in [0.3, 0.4) is 0 Å². The molecule has 1 heterocycles. The molecule has 17 heavy (non-hydrogen) atoms. The van der Waals surface area contributed by atoms with E-state index in [0.717, 1.165) is 0 Å². The summed E-state index contributed by atoms with van der Waals surface area (Å²) < 4.78 is 4.89. The highest BCUT2D eigenvalue weighted by molar-refractivity contribution is 6.01. The van der Waals surface area contributed by atoms with Gasteiger partial charge >= 0.3 is 5.97 Å². The van der Waals surface area contributed by atoms with E-state index < -0.39 is 0 Å². The number of nitrogens with zero attached hydrogens (tertiary/aromatic N) is 1. The van der Waals surface area contributed by atoms with Gasteiger partial charge in [-0.05, 0) is 19.4 Å². The Balaban J connectivity index is 2.27. The van der Waals surface area contributed by atoms with E-state index in [1.165, 1.54) is 11.8 Å². The van der Waals surface area contributed by atoms with Crippen molar-refractivity contribution >= 4 is 17.8 Å². The van der Waals surface area contributed by atoms with Crippen molar-refractivity contribution in [2.45, 2.75) is 39.2 Å². The monoisotopic (exact) mass is 239 g/mol. The van der Waals surface area contributed by atoms with Gasteiger partial charge in [-0.25, -0.2) is 0 Å². The van der Waals surface area contributed by atoms with E-state index in [9.17, 15) is 14.4 Å². The second-order valence-corrected chi connectivity index (χ2v) is 3.97. The Bertz CT molecular complexity index is 332. The van der Waals surface area contributed by atoms with Crippen molar-refractivity contribution in [3.8, 4) is 0 Å². The van der Waals surface area contributed by atoms with E-state index in [1.54, 1.807) is 13.0 Å². The molecule has 0 radical (unpaired) electrons. The molecule has 1 aliphatic rings. The smallest absolute Gasteiger partial charge is 0.303 e. The molecule has 1 fully saturated rings. The van der Waals surface area contributed by atoms with E-state index in [0.29, 0.717) is 25.8 Å². The lowest BCUT2D eigenvalue weighted by Crippen LogP contribution is -2.29. The molecule has 1 rings (SSSR count). The van der Waals surface area contributed by atoms with Crippen molar-refractivity contribution < 1.29 is 19.1 Å². The predicted octanol–water partition coefficient (Wildman–Crippen LogP) is 1.03. The van der Waals surface area contributed by atoms with Crippen LogP contribution in [-0.4, -0.2) is 35.3 Å². The molecule has 1 unspecified atom stereocenters. The van der Waals surface area contributed by atoms with Crippen LogP contribution in [0.2, 0.25) is 0 Å². The third-order valence-corrected chi connectivity index (χ3v) is 2.43. The number of ether oxygens (including phenoxy) is 1. The molecule has 0 bridgehead atoms. The van der Waals surface area contributed by atoms with Gasteiger partial charge in [0.25, 0.3) is 0 Å². The molecule has 0 aromatic heterocycles. The topological polar surface area (TPSA) is 63.7 Å². The van der Waals surface area contributed by atoms with Crippen LogP contribution in [0, 0.1) is 0 Å². The van der Waals surface area contributed by atoms with Crippen molar-refractivity contribution in [2.24, 2.45) is 0 Å². The molecule has 1 aliphatic heterocycles. The Kier molecular flexibility index (Phi) is 4.87. The van der Waals surface area contributed by atoms with Crippen LogP contribution in [0.15, 0.2) is 12.2 Å². The molecule has 94 valence electrons. The van der Waals surface area contributed by atoms with Crippen LogP contribution in [0.5, 0.6) is 0 Å². The Morgan fingerprint density at radius 2 is 2.00 bits per heavy atom. The first-order valence-electron chi connectivity index (χ1n) is 5.68. The van der Waals surface area contributed by atoms with Gasteiger partial charge in [0.1, 0.15) is 6.10 Å². The molecule has 1 atom stereocenters. The molecule has 0 aromatic carbocycles. The number of rotatable bonds is 5. The number of amides is 2. The summed E-state index contributed by atoms with van der Waals surface area (Å²) in [5.41, 5.74) is 0. The summed E-state index contributed by atoms with van der Waals surface area (Å²) in [5, 5.41) is 0. The maximum Gasteiger partial charge on any atom is 0.303 e. The van der Waals surface area contributed by atoms with Crippen LogP contribution < -0.4 is 0 Å². The second-order valence-electron chi connectivity index (χ2n) is 3.97. The summed E-state index contributed by atoms with van der Waals surface area (Å²) in [5.74, 6) is -0.528. The van der Waals surface area contributed by atoms with E-state index >= 15 is 0 Å². The molecular formula is C12H17NO4. The zero-order chi connectivity index (χ0) is 12.8. The second kappa shape index (κ2) is 6.18. The average Bonchev–Trinajstić information content (AvgIpc) is 2.54. The zero-order valence-electron chi connectivity index (χ0n) is 10.1. The highest BCUT2D eigenvalue weighted by Gasteiger charge is 2.27. The lowest BCUT2D eigenvalue weighted by atomic mass is 10.3. The fourth-order valence-electron chi connectivity index (χ4n) is 1.66. The van der Waals surface area contributed by atoms with Gasteiger partial charge in [0.2, 0.25) is 11.8 Å². The van der Waals surface area contributed by atoms with Gasteiger partial charge < -0.3 is 4.74 Å². The van der Waals surface area contributed by atoms with Crippen molar-refractivity contribution in [1.29, 1.82) is 0 Å². The standard InChI is InChI=1S/C12H17NO4/c1-9(17-10(2)14)5-3-4-8-13-11(15)6-7-12(13)16/h3,5,9H,4,6-8H2,1-2H3/b5-3+. The molecule has 0 aromatic rings. The number of esters is 1. The first-order chi connectivity index (χ1) is 8.00. The third kappa shape index (κ3) is 4.38. The largest absolute Gasteiger partial charge is 0.459 e. The van der Waals surface area contributed by atoms with Crippen molar-refractivity contribution in [2.75, 3.05) is 6.54 Å². The Hall–Kier alpha value is -1.65. The summed E-state index contributed by atoms with van der Waals surface area (Å²) in [7, 11) is 0. The fraction of sp³-hybridized carbons (Fsp3) is 0.583. The predicted molar refractivity (Wildman–Crippen MR) is 60.9 cm³/mol. The van der Waals surface area contributed by atoms with Gasteiger partial charge in [0.15, 0.2) is 0 Å². The number of carbonyl (C=O) groups excluding carboxylic acids is 3. The van der Waals surface area contributed by atoms with E-state index in [2.05, 4.69) is 0 Å². The van der Waals surface area contributed by atoms with Crippen LogP contribution in [0.4, 0.5) is 0 Å². The zero-order valence-corrected chi connectivity index (χ0v) is 10.1.